The SMILES string of the molecule is Cc1ccc(S(=O)(=O)Cc2nnc(SCC(=O)N(c3ccccc3)c3ccccc3)n2-c2ccccc2)cc1. The second-order valence-corrected chi connectivity index (χ2v) is 11.8. The summed E-state index contributed by atoms with van der Waals surface area (Å²) in [6.07, 6.45) is 0. The van der Waals surface area contributed by atoms with Gasteiger partial charge in [-0.25, -0.2) is 8.42 Å². The highest BCUT2D eigenvalue weighted by Crippen LogP contribution is 2.29. The Hall–Kier alpha value is -4.21. The van der Waals surface area contributed by atoms with E-state index in [0.717, 1.165) is 22.6 Å². The zero-order valence-electron chi connectivity index (χ0n) is 21.2. The number of hydrogen-bond donors (Lipinski definition) is 0. The maximum absolute atomic E-state index is 13.6. The van der Waals surface area contributed by atoms with Crippen molar-refractivity contribution in [1.82, 2.24) is 14.8 Å². The van der Waals surface area contributed by atoms with Gasteiger partial charge in [0.05, 0.1) is 10.6 Å². The smallest absolute Gasteiger partial charge is 0.242 e. The summed E-state index contributed by atoms with van der Waals surface area (Å²) in [4.78, 5) is 15.5. The van der Waals surface area contributed by atoms with Crippen molar-refractivity contribution in [1.29, 1.82) is 0 Å². The van der Waals surface area contributed by atoms with Crippen LogP contribution in [0.15, 0.2) is 125 Å². The maximum Gasteiger partial charge on any atom is 0.242 e. The van der Waals surface area contributed by atoms with Crippen LogP contribution in [0.4, 0.5) is 11.4 Å². The standard InChI is InChI=1S/C30H26N4O3S2/c1-23-17-19-27(20-18-23)39(36,37)22-28-31-32-30(34(28)26-15-9-4-10-16-26)38-21-29(35)33(24-11-5-2-6-12-24)25-13-7-3-8-14-25/h2-20H,21-22H2,1H3. The van der Waals surface area contributed by atoms with Gasteiger partial charge in [-0.1, -0.05) is 84.1 Å². The zero-order chi connectivity index (χ0) is 27.2. The highest BCUT2D eigenvalue weighted by atomic mass is 32.2. The number of para-hydroxylation sites is 3. The fourth-order valence-corrected chi connectivity index (χ4v) is 6.17. The van der Waals surface area contributed by atoms with Crippen molar-refractivity contribution in [3.63, 3.8) is 0 Å². The van der Waals surface area contributed by atoms with Gasteiger partial charge in [0.1, 0.15) is 5.75 Å². The number of carbonyl (C=O) groups is 1. The molecule has 0 saturated heterocycles. The summed E-state index contributed by atoms with van der Waals surface area (Å²) in [5.74, 6) is -0.125. The Bertz CT molecular complexity index is 1620. The van der Waals surface area contributed by atoms with E-state index in [1.807, 2.05) is 97.9 Å². The fourth-order valence-electron chi connectivity index (χ4n) is 4.10. The largest absolute Gasteiger partial charge is 0.280 e. The van der Waals surface area contributed by atoms with E-state index in [0.29, 0.717) is 5.16 Å². The lowest BCUT2D eigenvalue weighted by atomic mass is 10.2. The van der Waals surface area contributed by atoms with Crippen LogP contribution in [0.2, 0.25) is 0 Å². The minimum absolute atomic E-state index is 0.0689. The molecule has 0 aliphatic heterocycles. The molecule has 9 heteroatoms. The molecule has 0 radical (unpaired) electrons. The van der Waals surface area contributed by atoms with Crippen LogP contribution in [0.3, 0.4) is 0 Å². The topological polar surface area (TPSA) is 85.2 Å². The molecular formula is C30H26N4O3S2. The van der Waals surface area contributed by atoms with Gasteiger partial charge >= 0.3 is 0 Å². The van der Waals surface area contributed by atoms with E-state index < -0.39 is 9.84 Å². The molecule has 1 heterocycles. The molecule has 5 rings (SSSR count). The number of anilines is 2. The van der Waals surface area contributed by atoms with Crippen LogP contribution in [0.1, 0.15) is 11.4 Å². The highest BCUT2D eigenvalue weighted by Gasteiger charge is 2.24. The number of carbonyl (C=O) groups excluding carboxylic acids is 1. The van der Waals surface area contributed by atoms with E-state index in [9.17, 15) is 13.2 Å². The van der Waals surface area contributed by atoms with Gasteiger partial charge in [-0.3, -0.25) is 14.3 Å². The second-order valence-electron chi connectivity index (χ2n) is 8.83. The molecule has 5 aromatic rings. The maximum atomic E-state index is 13.6. The van der Waals surface area contributed by atoms with E-state index in [1.54, 1.807) is 33.7 Å². The van der Waals surface area contributed by atoms with Gasteiger partial charge in [0.2, 0.25) is 5.91 Å². The van der Waals surface area contributed by atoms with Crippen LogP contribution in [-0.4, -0.2) is 34.8 Å². The van der Waals surface area contributed by atoms with Gasteiger partial charge in [0.25, 0.3) is 0 Å². The number of rotatable bonds is 9. The first-order chi connectivity index (χ1) is 18.9. The first kappa shape index (κ1) is 26.4. The van der Waals surface area contributed by atoms with Crippen LogP contribution < -0.4 is 4.90 Å². The Morgan fingerprint density at radius 1 is 0.769 bits per heavy atom. The van der Waals surface area contributed by atoms with Crippen molar-refractivity contribution in [2.45, 2.75) is 22.7 Å². The summed E-state index contributed by atoms with van der Waals surface area (Å²) in [6, 6.07) is 35.0. The molecule has 0 atom stereocenters. The lowest BCUT2D eigenvalue weighted by Crippen LogP contribution is -2.27. The summed E-state index contributed by atoms with van der Waals surface area (Å²) >= 11 is 1.22. The lowest BCUT2D eigenvalue weighted by molar-refractivity contribution is -0.115. The molecule has 39 heavy (non-hydrogen) atoms. The third kappa shape index (κ3) is 6.10. The number of aromatic nitrogens is 3. The number of benzene rings is 4. The Balaban J connectivity index is 1.44. The molecule has 196 valence electrons. The van der Waals surface area contributed by atoms with Crippen molar-refractivity contribution in [3.05, 3.63) is 127 Å². The third-order valence-electron chi connectivity index (χ3n) is 6.02. The van der Waals surface area contributed by atoms with Crippen molar-refractivity contribution < 1.29 is 13.2 Å². The van der Waals surface area contributed by atoms with Crippen LogP contribution in [0.5, 0.6) is 0 Å². The summed E-state index contributed by atoms with van der Waals surface area (Å²) in [7, 11) is -3.67. The first-order valence-corrected chi connectivity index (χ1v) is 14.9. The predicted octanol–water partition coefficient (Wildman–Crippen LogP) is 6.01. The fraction of sp³-hybridized carbons (Fsp3) is 0.100. The molecule has 0 unspecified atom stereocenters. The Labute approximate surface area is 232 Å². The van der Waals surface area contributed by atoms with Crippen molar-refractivity contribution >= 4 is 38.9 Å². The number of sulfone groups is 1. The second kappa shape index (κ2) is 11.7. The van der Waals surface area contributed by atoms with Gasteiger partial charge in [0, 0.05) is 17.1 Å². The van der Waals surface area contributed by atoms with Crippen molar-refractivity contribution in [2.75, 3.05) is 10.7 Å². The first-order valence-electron chi connectivity index (χ1n) is 12.3. The summed E-state index contributed by atoms with van der Waals surface area (Å²) in [5, 5.41) is 8.98. The van der Waals surface area contributed by atoms with Gasteiger partial charge in [-0.05, 0) is 55.5 Å². The predicted molar refractivity (Wildman–Crippen MR) is 154 cm³/mol. The molecule has 0 bridgehead atoms. The Kier molecular flexibility index (Phi) is 7.90. The summed E-state index contributed by atoms with van der Waals surface area (Å²) in [5.41, 5.74) is 3.20. The average molecular weight is 555 g/mol. The minimum Gasteiger partial charge on any atom is -0.280 e. The number of nitrogens with zero attached hydrogens (tertiary/aromatic N) is 4. The van der Waals surface area contributed by atoms with Crippen LogP contribution in [0, 0.1) is 6.92 Å². The molecule has 0 N–H and O–H groups in total. The molecule has 0 saturated carbocycles. The molecule has 0 aliphatic carbocycles. The van der Waals surface area contributed by atoms with E-state index in [-0.39, 0.29) is 28.1 Å². The number of aryl methyl sites for hydroxylation is 1. The molecule has 0 spiro atoms. The van der Waals surface area contributed by atoms with Gasteiger partial charge in [-0.15, -0.1) is 10.2 Å². The van der Waals surface area contributed by atoms with Gasteiger partial charge < -0.3 is 0 Å². The molecule has 7 nitrogen and oxygen atoms in total. The monoisotopic (exact) mass is 554 g/mol. The number of hydrogen-bond acceptors (Lipinski definition) is 6. The van der Waals surface area contributed by atoms with Crippen molar-refractivity contribution in [2.24, 2.45) is 0 Å². The number of thioether (sulfide) groups is 1. The van der Waals surface area contributed by atoms with E-state index in [2.05, 4.69) is 10.2 Å². The molecular weight excluding hydrogens is 528 g/mol. The van der Waals surface area contributed by atoms with E-state index >= 15 is 0 Å². The third-order valence-corrected chi connectivity index (χ3v) is 8.56. The van der Waals surface area contributed by atoms with Crippen molar-refractivity contribution in [3.8, 4) is 5.69 Å². The lowest BCUT2D eigenvalue weighted by Gasteiger charge is -2.23. The summed E-state index contributed by atoms with van der Waals surface area (Å²) in [6.45, 7) is 1.91. The zero-order valence-corrected chi connectivity index (χ0v) is 22.8. The Morgan fingerprint density at radius 2 is 1.31 bits per heavy atom. The average Bonchev–Trinajstić information content (AvgIpc) is 3.35. The molecule has 1 amide bonds. The van der Waals surface area contributed by atoms with Crippen LogP contribution in [-0.2, 0) is 20.4 Å². The van der Waals surface area contributed by atoms with Crippen LogP contribution in [0.25, 0.3) is 5.69 Å². The van der Waals surface area contributed by atoms with E-state index in [4.69, 9.17) is 0 Å². The molecule has 0 aliphatic rings. The molecule has 1 aromatic heterocycles. The normalized spacial score (nSPS) is 11.3. The van der Waals surface area contributed by atoms with Crippen LogP contribution >= 0.6 is 11.8 Å². The van der Waals surface area contributed by atoms with E-state index in [1.165, 1.54) is 11.8 Å². The molecule has 0 fully saturated rings. The minimum atomic E-state index is -3.67. The number of amides is 1. The Morgan fingerprint density at radius 3 is 1.87 bits per heavy atom. The van der Waals surface area contributed by atoms with Gasteiger partial charge in [-0.2, -0.15) is 0 Å². The highest BCUT2D eigenvalue weighted by molar-refractivity contribution is 7.99. The summed E-state index contributed by atoms with van der Waals surface area (Å²) < 4.78 is 28.2. The quantitative estimate of drug-likeness (QED) is 0.208. The molecule has 4 aromatic carbocycles. The van der Waals surface area contributed by atoms with Gasteiger partial charge in [0.15, 0.2) is 20.8 Å².